The third-order valence-corrected chi connectivity index (χ3v) is 3.45. The zero-order chi connectivity index (χ0) is 16.3. The van der Waals surface area contributed by atoms with Crippen molar-refractivity contribution in [3.8, 4) is 0 Å². The van der Waals surface area contributed by atoms with E-state index in [1.54, 1.807) is 0 Å². The largest absolute Gasteiger partial charge is 0.409 e. The number of ketones is 1. The first-order chi connectivity index (χ1) is 10.5. The van der Waals surface area contributed by atoms with Crippen LogP contribution < -0.4 is 4.42 Å². The molecule has 0 spiro atoms. The van der Waals surface area contributed by atoms with Gasteiger partial charge in [0.25, 0.3) is 0 Å². The standard InChI is InChI=1S/C14H10Cl2FN3O2/c1-8(19-22)20(16)11-6-7-12(15)18-13(11)14(21)9-4-2-3-5-10(9)17/h2-7,22H,1H3. The van der Waals surface area contributed by atoms with Gasteiger partial charge in [0.2, 0.25) is 5.78 Å². The molecule has 0 aliphatic heterocycles. The Morgan fingerprint density at radius 3 is 2.64 bits per heavy atom. The number of anilines is 1. The van der Waals surface area contributed by atoms with Gasteiger partial charge in [0, 0.05) is 11.8 Å². The zero-order valence-electron chi connectivity index (χ0n) is 11.3. The van der Waals surface area contributed by atoms with E-state index in [2.05, 4.69) is 10.1 Å². The molecule has 114 valence electrons. The van der Waals surface area contributed by atoms with Crippen molar-refractivity contribution in [1.29, 1.82) is 0 Å². The van der Waals surface area contributed by atoms with Crippen LogP contribution in [0.1, 0.15) is 23.0 Å². The number of benzene rings is 1. The van der Waals surface area contributed by atoms with Gasteiger partial charge in [-0.25, -0.2) is 13.8 Å². The Kier molecular flexibility index (Phi) is 4.95. The van der Waals surface area contributed by atoms with Crippen LogP contribution in [-0.4, -0.2) is 21.8 Å². The van der Waals surface area contributed by atoms with E-state index in [0.717, 1.165) is 10.5 Å². The minimum absolute atomic E-state index is 0.00775. The average molecular weight is 342 g/mol. The molecular weight excluding hydrogens is 332 g/mol. The number of hydrogen-bond acceptors (Lipinski definition) is 4. The van der Waals surface area contributed by atoms with Gasteiger partial charge in [-0.3, -0.25) is 4.79 Å². The van der Waals surface area contributed by atoms with Gasteiger partial charge >= 0.3 is 0 Å². The summed E-state index contributed by atoms with van der Waals surface area (Å²) >= 11 is 11.8. The number of hydrogen-bond donors (Lipinski definition) is 1. The lowest BCUT2D eigenvalue weighted by Crippen LogP contribution is -2.21. The molecule has 0 amide bonds. The molecule has 1 heterocycles. The quantitative estimate of drug-likeness (QED) is 0.175. The highest BCUT2D eigenvalue weighted by atomic mass is 35.5. The second kappa shape index (κ2) is 6.72. The summed E-state index contributed by atoms with van der Waals surface area (Å²) in [5, 5.41) is 11.8. The lowest BCUT2D eigenvalue weighted by atomic mass is 10.1. The number of amidine groups is 1. The second-order valence-electron chi connectivity index (χ2n) is 4.24. The van der Waals surface area contributed by atoms with Crippen LogP contribution in [0.15, 0.2) is 41.6 Å². The predicted molar refractivity (Wildman–Crippen MR) is 82.3 cm³/mol. The fourth-order valence-electron chi connectivity index (χ4n) is 1.74. The number of carbonyl (C=O) groups is 1. The van der Waals surface area contributed by atoms with Crippen molar-refractivity contribution < 1.29 is 14.4 Å². The van der Waals surface area contributed by atoms with E-state index in [-0.39, 0.29) is 27.9 Å². The number of carbonyl (C=O) groups excluding carboxylic acids is 1. The Hall–Kier alpha value is -2.18. The number of rotatable bonds is 3. The molecule has 0 saturated carbocycles. The first-order valence-corrected chi connectivity index (χ1v) is 6.77. The lowest BCUT2D eigenvalue weighted by Gasteiger charge is -2.17. The summed E-state index contributed by atoms with van der Waals surface area (Å²) in [6.45, 7) is 1.42. The van der Waals surface area contributed by atoms with Gasteiger partial charge in [0.1, 0.15) is 16.7 Å². The van der Waals surface area contributed by atoms with Crippen molar-refractivity contribution in [1.82, 2.24) is 4.98 Å². The summed E-state index contributed by atoms with van der Waals surface area (Å²) in [5.74, 6) is -1.37. The minimum atomic E-state index is -0.688. The van der Waals surface area contributed by atoms with Crippen molar-refractivity contribution in [2.24, 2.45) is 5.16 Å². The molecule has 0 saturated heterocycles. The van der Waals surface area contributed by atoms with E-state index in [9.17, 15) is 9.18 Å². The monoisotopic (exact) mass is 341 g/mol. The van der Waals surface area contributed by atoms with Gasteiger partial charge in [-0.2, -0.15) is 0 Å². The summed E-state index contributed by atoms with van der Waals surface area (Å²) in [4.78, 5) is 16.4. The number of nitrogens with zero attached hydrogens (tertiary/aromatic N) is 3. The molecule has 1 aromatic carbocycles. The molecule has 0 radical (unpaired) electrons. The van der Waals surface area contributed by atoms with E-state index in [4.69, 9.17) is 28.6 Å². The molecule has 0 aliphatic rings. The van der Waals surface area contributed by atoms with Gasteiger partial charge in [0.15, 0.2) is 5.84 Å². The van der Waals surface area contributed by atoms with Crippen LogP contribution in [0.4, 0.5) is 10.1 Å². The van der Waals surface area contributed by atoms with Crippen molar-refractivity contribution in [3.63, 3.8) is 0 Å². The molecule has 0 bridgehead atoms. The SMILES string of the molecule is CC(=NO)N(Cl)c1ccc(Cl)nc1C(=O)c1ccccc1F. The molecule has 22 heavy (non-hydrogen) atoms. The van der Waals surface area contributed by atoms with Gasteiger partial charge in [-0.1, -0.05) is 28.9 Å². The van der Waals surface area contributed by atoms with Crippen LogP contribution in [0.25, 0.3) is 0 Å². The molecule has 1 N–H and O–H groups in total. The fourth-order valence-corrected chi connectivity index (χ4v) is 2.06. The number of aromatic nitrogens is 1. The maximum atomic E-state index is 13.8. The van der Waals surface area contributed by atoms with Crippen LogP contribution in [0.2, 0.25) is 5.15 Å². The predicted octanol–water partition coefficient (Wildman–Crippen LogP) is 3.87. The molecule has 0 fully saturated rings. The van der Waals surface area contributed by atoms with Crippen molar-refractivity contribution in [2.75, 3.05) is 4.42 Å². The average Bonchev–Trinajstić information content (AvgIpc) is 2.53. The van der Waals surface area contributed by atoms with Crippen molar-refractivity contribution in [2.45, 2.75) is 6.92 Å². The fraction of sp³-hybridized carbons (Fsp3) is 0.0714. The van der Waals surface area contributed by atoms with Crippen LogP contribution in [0.5, 0.6) is 0 Å². The Morgan fingerprint density at radius 2 is 2.00 bits per heavy atom. The van der Waals surface area contributed by atoms with E-state index in [0.29, 0.717) is 0 Å². The normalized spacial score (nSPS) is 11.4. The molecule has 0 atom stereocenters. The first kappa shape index (κ1) is 16.2. The van der Waals surface area contributed by atoms with Gasteiger partial charge in [-0.05, 0) is 31.2 Å². The van der Waals surface area contributed by atoms with E-state index < -0.39 is 11.6 Å². The summed E-state index contributed by atoms with van der Waals surface area (Å²) in [6.07, 6.45) is 0. The van der Waals surface area contributed by atoms with Crippen LogP contribution in [0, 0.1) is 5.82 Å². The maximum absolute atomic E-state index is 13.8. The number of halogens is 3. The van der Waals surface area contributed by atoms with Crippen LogP contribution >= 0.6 is 23.4 Å². The maximum Gasteiger partial charge on any atom is 0.216 e. The second-order valence-corrected chi connectivity index (χ2v) is 4.96. The highest BCUT2D eigenvalue weighted by molar-refractivity contribution is 6.38. The molecule has 0 aliphatic carbocycles. The van der Waals surface area contributed by atoms with Crippen LogP contribution in [0.3, 0.4) is 0 Å². The third kappa shape index (κ3) is 3.18. The molecule has 5 nitrogen and oxygen atoms in total. The Bertz CT molecular complexity index is 753. The highest BCUT2D eigenvalue weighted by Crippen LogP contribution is 2.26. The minimum Gasteiger partial charge on any atom is -0.409 e. The van der Waals surface area contributed by atoms with Crippen molar-refractivity contribution >= 4 is 40.7 Å². The highest BCUT2D eigenvalue weighted by Gasteiger charge is 2.23. The Labute approximate surface area is 135 Å². The van der Waals surface area contributed by atoms with Crippen molar-refractivity contribution in [3.05, 3.63) is 58.6 Å². The summed E-state index contributed by atoms with van der Waals surface area (Å²) in [6, 6.07) is 8.32. The lowest BCUT2D eigenvalue weighted by molar-refractivity contribution is 0.103. The van der Waals surface area contributed by atoms with Gasteiger partial charge in [-0.15, -0.1) is 0 Å². The smallest absolute Gasteiger partial charge is 0.216 e. The number of pyridine rings is 1. The molecule has 0 unspecified atom stereocenters. The summed E-state index contributed by atoms with van der Waals surface area (Å²) in [5.41, 5.74) is -0.201. The molecule has 8 heteroatoms. The first-order valence-electron chi connectivity index (χ1n) is 6.06. The van der Waals surface area contributed by atoms with E-state index in [1.165, 1.54) is 37.3 Å². The molecule has 1 aromatic heterocycles. The third-order valence-electron chi connectivity index (χ3n) is 2.81. The van der Waals surface area contributed by atoms with Gasteiger partial charge in [0.05, 0.1) is 11.3 Å². The summed E-state index contributed by atoms with van der Waals surface area (Å²) < 4.78 is 14.7. The van der Waals surface area contributed by atoms with E-state index in [1.807, 2.05) is 0 Å². The molecule has 2 rings (SSSR count). The van der Waals surface area contributed by atoms with E-state index >= 15 is 0 Å². The molecular formula is C14H10Cl2FN3O2. The Balaban J connectivity index is 2.57. The topological polar surface area (TPSA) is 65.8 Å². The van der Waals surface area contributed by atoms with Gasteiger partial charge < -0.3 is 5.21 Å². The zero-order valence-corrected chi connectivity index (χ0v) is 12.8. The van der Waals surface area contributed by atoms with Crippen LogP contribution in [-0.2, 0) is 0 Å². The number of oxime groups is 1. The molecule has 2 aromatic rings. The Morgan fingerprint density at radius 1 is 1.32 bits per heavy atom. The summed E-state index contributed by atoms with van der Waals surface area (Å²) in [7, 11) is 0.